The van der Waals surface area contributed by atoms with Gasteiger partial charge < -0.3 is 24.8 Å². The first-order valence-electron chi connectivity index (χ1n) is 12.7. The fourth-order valence-electron chi connectivity index (χ4n) is 4.28. The number of hydrogen-bond donors (Lipinski definition) is 2. The van der Waals surface area contributed by atoms with Gasteiger partial charge in [0.15, 0.2) is 0 Å². The van der Waals surface area contributed by atoms with E-state index in [1.807, 2.05) is 45.0 Å². The van der Waals surface area contributed by atoms with Crippen LogP contribution in [-0.2, 0) is 22.6 Å². The Kier molecular flexibility index (Phi) is 8.32. The highest BCUT2D eigenvalue weighted by atomic mass is 19.1. The number of hydrogen-bond acceptors (Lipinski definition) is 9. The van der Waals surface area contributed by atoms with Gasteiger partial charge >= 0.3 is 12.2 Å². The number of halogens is 1. The SMILES string of the molecule is CC(O)C1COC(=O)N1c1cc(F)nc(NCc2ccc(CN3CCN(C(=O)OC(C)(C)C)CC3)cc2)n1. The van der Waals surface area contributed by atoms with Crippen LogP contribution in [-0.4, -0.2) is 87.6 Å². The van der Waals surface area contributed by atoms with Gasteiger partial charge in [0.1, 0.15) is 24.1 Å². The van der Waals surface area contributed by atoms with E-state index in [1.165, 1.54) is 6.92 Å². The number of rotatable bonds is 7. The first-order chi connectivity index (χ1) is 18.0. The van der Waals surface area contributed by atoms with E-state index in [1.54, 1.807) is 4.90 Å². The van der Waals surface area contributed by atoms with Crippen LogP contribution in [0.25, 0.3) is 0 Å². The Balaban J connectivity index is 1.29. The zero-order chi connectivity index (χ0) is 27.4. The van der Waals surface area contributed by atoms with Crippen molar-refractivity contribution < 1.29 is 28.6 Å². The number of anilines is 2. The molecule has 12 heteroatoms. The van der Waals surface area contributed by atoms with Crippen LogP contribution in [0.15, 0.2) is 30.3 Å². The predicted octanol–water partition coefficient (Wildman–Crippen LogP) is 2.99. The van der Waals surface area contributed by atoms with Crippen molar-refractivity contribution in [3.63, 3.8) is 0 Å². The number of nitrogens with zero attached hydrogens (tertiary/aromatic N) is 5. The largest absolute Gasteiger partial charge is 0.447 e. The summed E-state index contributed by atoms with van der Waals surface area (Å²) in [5.41, 5.74) is 1.58. The van der Waals surface area contributed by atoms with Gasteiger partial charge in [-0.15, -0.1) is 0 Å². The molecule has 4 rings (SSSR count). The zero-order valence-corrected chi connectivity index (χ0v) is 22.2. The van der Waals surface area contributed by atoms with Gasteiger partial charge in [-0.3, -0.25) is 9.80 Å². The van der Waals surface area contributed by atoms with Gasteiger partial charge in [0.2, 0.25) is 11.9 Å². The molecule has 0 radical (unpaired) electrons. The van der Waals surface area contributed by atoms with Crippen LogP contribution in [0.4, 0.5) is 25.7 Å². The van der Waals surface area contributed by atoms with E-state index in [-0.39, 0.29) is 24.5 Å². The Bertz CT molecular complexity index is 1130. The number of amides is 2. The summed E-state index contributed by atoms with van der Waals surface area (Å²) in [5, 5.41) is 12.9. The number of benzene rings is 1. The van der Waals surface area contributed by atoms with E-state index >= 15 is 0 Å². The van der Waals surface area contributed by atoms with Gasteiger partial charge in [-0.1, -0.05) is 24.3 Å². The fraction of sp³-hybridized carbons (Fsp3) is 0.538. The lowest BCUT2D eigenvalue weighted by Gasteiger charge is -2.35. The predicted molar refractivity (Wildman–Crippen MR) is 138 cm³/mol. The molecule has 0 bridgehead atoms. The molecule has 2 saturated heterocycles. The minimum absolute atomic E-state index is 0.00332. The van der Waals surface area contributed by atoms with Gasteiger partial charge in [0, 0.05) is 45.3 Å². The molecule has 3 heterocycles. The van der Waals surface area contributed by atoms with Crippen LogP contribution >= 0.6 is 0 Å². The van der Waals surface area contributed by atoms with E-state index < -0.39 is 29.8 Å². The zero-order valence-electron chi connectivity index (χ0n) is 22.2. The van der Waals surface area contributed by atoms with Crippen molar-refractivity contribution in [3.05, 3.63) is 47.4 Å². The average Bonchev–Trinajstić information content (AvgIpc) is 3.24. The lowest BCUT2D eigenvalue weighted by molar-refractivity contribution is 0.0139. The number of piperazine rings is 1. The molecule has 38 heavy (non-hydrogen) atoms. The maximum Gasteiger partial charge on any atom is 0.416 e. The molecule has 0 spiro atoms. The number of aliphatic hydroxyl groups excluding tert-OH is 1. The normalized spacial score (nSPS) is 19.3. The molecule has 2 atom stereocenters. The summed E-state index contributed by atoms with van der Waals surface area (Å²) in [5.74, 6) is -0.754. The smallest absolute Gasteiger partial charge is 0.416 e. The Hall–Kier alpha value is -3.51. The molecule has 2 fully saturated rings. The summed E-state index contributed by atoms with van der Waals surface area (Å²) in [4.78, 5) is 37.6. The Morgan fingerprint density at radius 3 is 2.47 bits per heavy atom. The van der Waals surface area contributed by atoms with Gasteiger partial charge in [0.05, 0.1) is 6.10 Å². The lowest BCUT2D eigenvalue weighted by Crippen LogP contribution is -2.49. The van der Waals surface area contributed by atoms with Crippen molar-refractivity contribution in [3.8, 4) is 0 Å². The van der Waals surface area contributed by atoms with Crippen LogP contribution in [0.3, 0.4) is 0 Å². The molecule has 11 nitrogen and oxygen atoms in total. The van der Waals surface area contributed by atoms with Gasteiger partial charge in [-0.2, -0.15) is 14.4 Å². The fourth-order valence-corrected chi connectivity index (χ4v) is 4.28. The van der Waals surface area contributed by atoms with Crippen molar-refractivity contribution in [1.29, 1.82) is 0 Å². The number of aromatic nitrogens is 2. The summed E-state index contributed by atoms with van der Waals surface area (Å²) in [7, 11) is 0. The van der Waals surface area contributed by atoms with Crippen molar-refractivity contribution in [2.45, 2.75) is 58.5 Å². The number of aliphatic hydroxyl groups is 1. The maximum atomic E-state index is 14.2. The number of carbonyl (C=O) groups is 2. The molecule has 0 saturated carbocycles. The van der Waals surface area contributed by atoms with Crippen LogP contribution in [0.5, 0.6) is 0 Å². The summed E-state index contributed by atoms with van der Waals surface area (Å²) in [6.45, 7) is 11.0. The van der Waals surface area contributed by atoms with Crippen molar-refractivity contribution in [2.75, 3.05) is 43.0 Å². The lowest BCUT2D eigenvalue weighted by atomic mass is 10.1. The van der Waals surface area contributed by atoms with E-state index in [4.69, 9.17) is 9.47 Å². The Morgan fingerprint density at radius 2 is 1.84 bits per heavy atom. The molecule has 2 aliphatic rings. The maximum absolute atomic E-state index is 14.2. The quantitative estimate of drug-likeness (QED) is 0.521. The Labute approximate surface area is 221 Å². The molecule has 206 valence electrons. The molecule has 1 aromatic heterocycles. The van der Waals surface area contributed by atoms with E-state index in [0.29, 0.717) is 19.6 Å². The summed E-state index contributed by atoms with van der Waals surface area (Å²) in [6, 6.07) is 8.39. The number of nitrogens with one attached hydrogen (secondary N) is 1. The van der Waals surface area contributed by atoms with Crippen molar-refractivity contribution in [2.24, 2.45) is 0 Å². The van der Waals surface area contributed by atoms with Crippen LogP contribution in [0.1, 0.15) is 38.8 Å². The second-order valence-electron chi connectivity index (χ2n) is 10.5. The van der Waals surface area contributed by atoms with Gasteiger partial charge in [-0.25, -0.2) is 9.59 Å². The number of ether oxygens (including phenoxy) is 2. The third-order valence-electron chi connectivity index (χ3n) is 6.29. The molecular weight excluding hydrogens is 495 g/mol. The van der Waals surface area contributed by atoms with Crippen LogP contribution in [0.2, 0.25) is 0 Å². The van der Waals surface area contributed by atoms with Crippen molar-refractivity contribution >= 4 is 24.0 Å². The van der Waals surface area contributed by atoms with Gasteiger partial charge in [0.25, 0.3) is 0 Å². The molecule has 2 unspecified atom stereocenters. The van der Waals surface area contributed by atoms with Crippen LogP contribution < -0.4 is 10.2 Å². The highest BCUT2D eigenvalue weighted by Crippen LogP contribution is 2.25. The van der Waals surface area contributed by atoms with E-state index in [0.717, 1.165) is 41.7 Å². The topological polar surface area (TPSA) is 120 Å². The molecule has 1 aromatic carbocycles. The molecule has 2 N–H and O–H groups in total. The second-order valence-corrected chi connectivity index (χ2v) is 10.5. The molecule has 2 amide bonds. The van der Waals surface area contributed by atoms with E-state index in [2.05, 4.69) is 20.2 Å². The summed E-state index contributed by atoms with van der Waals surface area (Å²) >= 11 is 0. The first-order valence-corrected chi connectivity index (χ1v) is 12.7. The third-order valence-corrected chi connectivity index (χ3v) is 6.29. The molecule has 2 aromatic rings. The summed E-state index contributed by atoms with van der Waals surface area (Å²) < 4.78 is 24.7. The minimum atomic E-state index is -0.872. The molecule has 0 aliphatic carbocycles. The summed E-state index contributed by atoms with van der Waals surface area (Å²) in [6.07, 6.45) is -1.84. The monoisotopic (exact) mass is 530 g/mol. The van der Waals surface area contributed by atoms with Gasteiger partial charge in [-0.05, 0) is 38.8 Å². The minimum Gasteiger partial charge on any atom is -0.447 e. The second kappa shape index (κ2) is 11.5. The van der Waals surface area contributed by atoms with E-state index in [9.17, 15) is 19.1 Å². The standard InChI is InChI=1S/C26H35FN6O5/c1-17(34)20-16-37-25(36)33(20)22-13-21(27)29-23(30-22)28-14-18-5-7-19(8-6-18)15-31-9-11-32(12-10-31)24(35)38-26(2,3)4/h5-8,13,17,20,34H,9-12,14-16H2,1-4H3,(H,28,29,30). The highest BCUT2D eigenvalue weighted by Gasteiger charge is 2.38. The number of cyclic esters (lactones) is 1. The molecule has 2 aliphatic heterocycles. The molecular formula is C26H35FN6O5. The first kappa shape index (κ1) is 27.5. The van der Waals surface area contributed by atoms with Crippen molar-refractivity contribution in [1.82, 2.24) is 19.8 Å². The highest BCUT2D eigenvalue weighted by molar-refractivity contribution is 5.89. The average molecular weight is 531 g/mol. The van der Waals surface area contributed by atoms with Crippen LogP contribution in [0, 0.1) is 5.95 Å². The number of carbonyl (C=O) groups excluding carboxylic acids is 2. The Morgan fingerprint density at radius 1 is 1.18 bits per heavy atom. The third kappa shape index (κ3) is 7.07.